The van der Waals surface area contributed by atoms with Crippen molar-refractivity contribution < 1.29 is 19.2 Å². The second-order valence-electron chi connectivity index (χ2n) is 4.59. The van der Waals surface area contributed by atoms with Crippen LogP contribution in [0.25, 0.3) is 0 Å². The molecular formula is C11H15N3O4. The van der Waals surface area contributed by atoms with E-state index < -0.39 is 23.8 Å². The third-order valence-electron chi connectivity index (χ3n) is 3.27. The quantitative estimate of drug-likeness (QED) is 0.541. The number of carbonyl (C=O) groups is 4. The highest BCUT2D eigenvalue weighted by molar-refractivity contribution is 6.44. The number of carbonyl (C=O) groups excluding carboxylic acids is 4. The van der Waals surface area contributed by atoms with Crippen LogP contribution in [0.2, 0.25) is 0 Å². The van der Waals surface area contributed by atoms with Gasteiger partial charge in [-0.2, -0.15) is 0 Å². The molecule has 5 amide bonds. The Morgan fingerprint density at radius 3 is 2.33 bits per heavy atom. The molecule has 2 fully saturated rings. The van der Waals surface area contributed by atoms with Crippen molar-refractivity contribution in [3.8, 4) is 0 Å². The smallest absolute Gasteiger partial charge is 0.334 e. The molecule has 1 N–H and O–H groups in total. The van der Waals surface area contributed by atoms with Crippen molar-refractivity contribution in [3.63, 3.8) is 0 Å². The third kappa shape index (κ3) is 2.20. The summed E-state index contributed by atoms with van der Waals surface area (Å²) in [5, 5.41) is 2.76. The van der Waals surface area contributed by atoms with Crippen LogP contribution in [0.15, 0.2) is 0 Å². The second-order valence-corrected chi connectivity index (χ2v) is 4.59. The number of nitrogens with one attached hydrogen (secondary N) is 1. The van der Waals surface area contributed by atoms with Crippen molar-refractivity contribution in [3.05, 3.63) is 0 Å². The molecule has 0 aromatic rings. The van der Waals surface area contributed by atoms with Gasteiger partial charge in [-0.1, -0.05) is 12.8 Å². The van der Waals surface area contributed by atoms with Gasteiger partial charge in [0.25, 0.3) is 0 Å². The highest BCUT2D eigenvalue weighted by Gasteiger charge is 2.43. The van der Waals surface area contributed by atoms with E-state index in [-0.39, 0.29) is 12.6 Å². The van der Waals surface area contributed by atoms with Gasteiger partial charge in [0, 0.05) is 13.1 Å². The van der Waals surface area contributed by atoms with E-state index in [0.717, 1.165) is 25.7 Å². The van der Waals surface area contributed by atoms with Crippen LogP contribution in [0, 0.1) is 0 Å². The van der Waals surface area contributed by atoms with E-state index >= 15 is 0 Å². The first kappa shape index (κ1) is 12.5. The molecule has 1 saturated heterocycles. The summed E-state index contributed by atoms with van der Waals surface area (Å²) in [6.07, 6.45) is 4.00. The predicted octanol–water partition coefficient (Wildman–Crippen LogP) is -0.534. The van der Waals surface area contributed by atoms with Gasteiger partial charge in [0.1, 0.15) is 6.54 Å². The number of imide groups is 2. The molecule has 0 spiro atoms. The van der Waals surface area contributed by atoms with Crippen molar-refractivity contribution in [2.24, 2.45) is 0 Å². The summed E-state index contributed by atoms with van der Waals surface area (Å²) >= 11 is 0. The lowest BCUT2D eigenvalue weighted by Crippen LogP contribution is -2.43. The molecule has 0 aromatic carbocycles. The molecule has 0 unspecified atom stereocenters. The van der Waals surface area contributed by atoms with Crippen molar-refractivity contribution in [2.45, 2.75) is 31.7 Å². The SMILES string of the molecule is CN1C(=O)C(=O)N(CC(=O)NC2CCCC2)C1=O. The molecule has 1 heterocycles. The first-order chi connectivity index (χ1) is 8.50. The minimum atomic E-state index is -0.941. The molecule has 1 aliphatic carbocycles. The Kier molecular flexibility index (Phi) is 3.31. The molecule has 2 rings (SSSR count). The van der Waals surface area contributed by atoms with Crippen molar-refractivity contribution in [1.29, 1.82) is 0 Å². The number of likely N-dealkylation sites (N-methyl/N-ethyl adjacent to an activating group) is 1. The summed E-state index contributed by atoms with van der Waals surface area (Å²) in [6.45, 7) is -0.385. The van der Waals surface area contributed by atoms with E-state index in [1.165, 1.54) is 7.05 Å². The van der Waals surface area contributed by atoms with Gasteiger partial charge in [-0.3, -0.25) is 19.3 Å². The molecule has 0 radical (unpaired) electrons. The van der Waals surface area contributed by atoms with E-state index in [4.69, 9.17) is 0 Å². The zero-order valence-electron chi connectivity index (χ0n) is 10.1. The van der Waals surface area contributed by atoms with Crippen LogP contribution < -0.4 is 5.32 Å². The Morgan fingerprint density at radius 2 is 1.83 bits per heavy atom. The lowest BCUT2D eigenvalue weighted by atomic mass is 10.2. The summed E-state index contributed by atoms with van der Waals surface area (Å²) in [6, 6.07) is -0.620. The van der Waals surface area contributed by atoms with Gasteiger partial charge in [-0.05, 0) is 12.8 Å². The third-order valence-corrected chi connectivity index (χ3v) is 3.27. The maximum absolute atomic E-state index is 11.7. The topological polar surface area (TPSA) is 86.8 Å². The number of amides is 5. The normalized spacial score (nSPS) is 21.1. The van der Waals surface area contributed by atoms with Gasteiger partial charge < -0.3 is 5.32 Å². The maximum Gasteiger partial charge on any atom is 0.334 e. The summed E-state index contributed by atoms with van der Waals surface area (Å²) in [5.74, 6) is -2.23. The molecular weight excluding hydrogens is 238 g/mol. The molecule has 7 heteroatoms. The molecule has 0 atom stereocenters. The Morgan fingerprint density at radius 1 is 1.22 bits per heavy atom. The van der Waals surface area contributed by atoms with Crippen molar-refractivity contribution in [2.75, 3.05) is 13.6 Å². The fourth-order valence-electron chi connectivity index (χ4n) is 2.24. The van der Waals surface area contributed by atoms with Crippen LogP contribution in [-0.2, 0) is 14.4 Å². The zero-order chi connectivity index (χ0) is 13.3. The summed E-state index contributed by atoms with van der Waals surface area (Å²) in [5.41, 5.74) is 0. The number of rotatable bonds is 3. The van der Waals surface area contributed by atoms with Gasteiger partial charge in [0.05, 0.1) is 0 Å². The van der Waals surface area contributed by atoms with E-state index in [1.54, 1.807) is 0 Å². The first-order valence-corrected chi connectivity index (χ1v) is 5.93. The highest BCUT2D eigenvalue weighted by atomic mass is 16.2. The van der Waals surface area contributed by atoms with Crippen LogP contribution >= 0.6 is 0 Å². The van der Waals surface area contributed by atoms with Gasteiger partial charge in [0.15, 0.2) is 0 Å². The molecule has 2 aliphatic rings. The second kappa shape index (κ2) is 4.75. The lowest BCUT2D eigenvalue weighted by Gasteiger charge is -2.15. The largest absolute Gasteiger partial charge is 0.352 e. The lowest BCUT2D eigenvalue weighted by molar-refractivity contribution is -0.143. The Hall–Kier alpha value is -1.92. The monoisotopic (exact) mass is 253 g/mol. The average Bonchev–Trinajstić information content (AvgIpc) is 2.90. The Bertz CT molecular complexity index is 415. The van der Waals surface area contributed by atoms with E-state index in [9.17, 15) is 19.2 Å². The molecule has 1 aliphatic heterocycles. The zero-order valence-corrected chi connectivity index (χ0v) is 10.1. The van der Waals surface area contributed by atoms with E-state index in [0.29, 0.717) is 9.80 Å². The van der Waals surface area contributed by atoms with E-state index in [1.807, 2.05) is 0 Å². The van der Waals surface area contributed by atoms with E-state index in [2.05, 4.69) is 5.32 Å². The summed E-state index contributed by atoms with van der Waals surface area (Å²) in [4.78, 5) is 47.3. The molecule has 18 heavy (non-hydrogen) atoms. The van der Waals surface area contributed by atoms with Gasteiger partial charge in [-0.25, -0.2) is 9.69 Å². The number of hydrogen-bond donors (Lipinski definition) is 1. The minimum Gasteiger partial charge on any atom is -0.352 e. The average molecular weight is 253 g/mol. The van der Waals surface area contributed by atoms with Crippen LogP contribution in [-0.4, -0.2) is 53.2 Å². The molecule has 98 valence electrons. The number of hydrogen-bond acceptors (Lipinski definition) is 4. The molecule has 1 saturated carbocycles. The molecule has 0 aromatic heterocycles. The van der Waals surface area contributed by atoms with Crippen molar-refractivity contribution >= 4 is 23.8 Å². The minimum absolute atomic E-state index is 0.124. The van der Waals surface area contributed by atoms with Crippen LogP contribution in [0.5, 0.6) is 0 Å². The maximum atomic E-state index is 11.7. The predicted molar refractivity (Wildman–Crippen MR) is 60.3 cm³/mol. The molecule has 7 nitrogen and oxygen atoms in total. The summed E-state index contributed by atoms with van der Waals surface area (Å²) in [7, 11) is 1.22. The van der Waals surface area contributed by atoms with Crippen LogP contribution in [0.1, 0.15) is 25.7 Å². The summed E-state index contributed by atoms with van der Waals surface area (Å²) < 4.78 is 0. The van der Waals surface area contributed by atoms with Crippen molar-refractivity contribution in [1.82, 2.24) is 15.1 Å². The fraction of sp³-hybridized carbons (Fsp3) is 0.636. The van der Waals surface area contributed by atoms with Gasteiger partial charge >= 0.3 is 17.8 Å². The highest BCUT2D eigenvalue weighted by Crippen LogP contribution is 2.17. The first-order valence-electron chi connectivity index (χ1n) is 5.93. The molecule has 0 bridgehead atoms. The van der Waals surface area contributed by atoms with Gasteiger partial charge in [0.2, 0.25) is 5.91 Å². The number of urea groups is 1. The van der Waals surface area contributed by atoms with Crippen LogP contribution in [0.3, 0.4) is 0 Å². The Balaban J connectivity index is 1.92. The van der Waals surface area contributed by atoms with Gasteiger partial charge in [-0.15, -0.1) is 0 Å². The number of nitrogens with zero attached hydrogens (tertiary/aromatic N) is 2. The standard InChI is InChI=1S/C11H15N3O4/c1-13-9(16)10(17)14(11(13)18)6-8(15)12-7-4-2-3-5-7/h7H,2-6H2,1H3,(H,12,15). The van der Waals surface area contributed by atoms with Crippen LogP contribution in [0.4, 0.5) is 4.79 Å². The fourth-order valence-corrected chi connectivity index (χ4v) is 2.24. The Labute approximate surface area is 104 Å².